The third kappa shape index (κ3) is 4.83. The lowest BCUT2D eigenvalue weighted by Gasteiger charge is -2.28. The van der Waals surface area contributed by atoms with Crippen molar-refractivity contribution in [3.8, 4) is 5.69 Å². The van der Waals surface area contributed by atoms with Crippen molar-refractivity contribution in [2.24, 2.45) is 0 Å². The molecule has 0 amide bonds. The summed E-state index contributed by atoms with van der Waals surface area (Å²) >= 11 is 0. The van der Waals surface area contributed by atoms with E-state index in [0.717, 1.165) is 36.2 Å². The summed E-state index contributed by atoms with van der Waals surface area (Å²) in [6.45, 7) is 0. The SMILES string of the molecule is COC(=O)c1ccncc1CC[C@@H]1CCCc2cc(N(C)c3ccc(-n4ccnc4)cc3)ccc21. The van der Waals surface area contributed by atoms with Crippen molar-refractivity contribution < 1.29 is 9.53 Å². The third-order valence-electron chi connectivity index (χ3n) is 7.06. The summed E-state index contributed by atoms with van der Waals surface area (Å²) in [5.74, 6) is 0.190. The second kappa shape index (κ2) is 10.1. The minimum absolute atomic E-state index is 0.294. The first-order valence-corrected chi connectivity index (χ1v) is 12.1. The van der Waals surface area contributed by atoms with Gasteiger partial charge in [-0.1, -0.05) is 6.07 Å². The fourth-order valence-corrected chi connectivity index (χ4v) is 5.08. The monoisotopic (exact) mass is 466 g/mol. The van der Waals surface area contributed by atoms with Crippen molar-refractivity contribution in [3.05, 3.63) is 102 Å². The van der Waals surface area contributed by atoms with Crippen molar-refractivity contribution in [2.75, 3.05) is 19.1 Å². The zero-order valence-electron chi connectivity index (χ0n) is 20.2. The fraction of sp³-hybridized carbons (Fsp3) is 0.276. The van der Waals surface area contributed by atoms with Crippen LogP contribution in [0.2, 0.25) is 0 Å². The molecule has 5 rings (SSSR count). The maximum Gasteiger partial charge on any atom is 0.338 e. The molecule has 178 valence electrons. The molecule has 1 aliphatic rings. The van der Waals surface area contributed by atoms with Gasteiger partial charge >= 0.3 is 5.97 Å². The van der Waals surface area contributed by atoms with Crippen molar-refractivity contribution in [1.82, 2.24) is 14.5 Å². The van der Waals surface area contributed by atoms with Crippen LogP contribution in [-0.4, -0.2) is 34.7 Å². The van der Waals surface area contributed by atoms with E-state index in [9.17, 15) is 4.79 Å². The van der Waals surface area contributed by atoms with Gasteiger partial charge in [0.25, 0.3) is 0 Å². The second-order valence-electron chi connectivity index (χ2n) is 9.08. The van der Waals surface area contributed by atoms with E-state index in [-0.39, 0.29) is 5.97 Å². The molecule has 0 saturated carbocycles. The number of esters is 1. The van der Waals surface area contributed by atoms with Crippen LogP contribution in [0.25, 0.3) is 5.69 Å². The Hall–Kier alpha value is -3.93. The van der Waals surface area contributed by atoms with Gasteiger partial charge in [0, 0.05) is 48.9 Å². The lowest BCUT2D eigenvalue weighted by atomic mass is 9.79. The number of pyridine rings is 1. The van der Waals surface area contributed by atoms with E-state index in [0.29, 0.717) is 11.5 Å². The number of carbonyl (C=O) groups excluding carboxylic acids is 1. The quantitative estimate of drug-likeness (QED) is 0.319. The number of aryl methyl sites for hydroxylation is 2. The first-order chi connectivity index (χ1) is 17.1. The largest absolute Gasteiger partial charge is 0.465 e. The van der Waals surface area contributed by atoms with Crippen LogP contribution >= 0.6 is 0 Å². The average molecular weight is 467 g/mol. The van der Waals surface area contributed by atoms with E-state index in [1.54, 1.807) is 24.7 Å². The normalized spacial score (nSPS) is 14.9. The summed E-state index contributed by atoms with van der Waals surface area (Å²) in [4.78, 5) is 22.7. The number of hydrogen-bond acceptors (Lipinski definition) is 5. The molecule has 35 heavy (non-hydrogen) atoms. The molecule has 0 bridgehead atoms. The Morgan fingerprint density at radius 3 is 2.69 bits per heavy atom. The van der Waals surface area contributed by atoms with Gasteiger partial charge < -0.3 is 14.2 Å². The number of hydrogen-bond donors (Lipinski definition) is 0. The lowest BCUT2D eigenvalue weighted by molar-refractivity contribution is 0.0599. The number of aromatic nitrogens is 3. The molecule has 6 nitrogen and oxygen atoms in total. The van der Waals surface area contributed by atoms with Gasteiger partial charge in [-0.25, -0.2) is 9.78 Å². The zero-order valence-corrected chi connectivity index (χ0v) is 20.2. The van der Waals surface area contributed by atoms with Gasteiger partial charge in [0.2, 0.25) is 0 Å². The Morgan fingerprint density at radius 1 is 1.09 bits per heavy atom. The molecule has 0 spiro atoms. The molecule has 0 N–H and O–H groups in total. The molecule has 2 aromatic heterocycles. The summed E-state index contributed by atoms with van der Waals surface area (Å²) in [5.41, 5.74) is 7.88. The first kappa shape index (κ1) is 22.8. The minimum Gasteiger partial charge on any atom is -0.465 e. The van der Waals surface area contributed by atoms with Crippen LogP contribution in [0, 0.1) is 0 Å². The van der Waals surface area contributed by atoms with Gasteiger partial charge in [0.15, 0.2) is 0 Å². The molecular weight excluding hydrogens is 436 g/mol. The van der Waals surface area contributed by atoms with Gasteiger partial charge in [-0.15, -0.1) is 0 Å². The van der Waals surface area contributed by atoms with Gasteiger partial charge in [-0.05, 0) is 97.2 Å². The van der Waals surface area contributed by atoms with E-state index in [1.165, 1.54) is 36.8 Å². The van der Waals surface area contributed by atoms with Gasteiger partial charge in [0.05, 0.1) is 19.0 Å². The Labute approximate surface area is 206 Å². The second-order valence-corrected chi connectivity index (χ2v) is 9.08. The molecular formula is C29H30N4O2. The van der Waals surface area contributed by atoms with Crippen LogP contribution in [0.4, 0.5) is 11.4 Å². The molecule has 1 atom stereocenters. The number of ether oxygens (including phenoxy) is 1. The van der Waals surface area contributed by atoms with E-state index < -0.39 is 0 Å². The van der Waals surface area contributed by atoms with Crippen LogP contribution in [-0.2, 0) is 17.6 Å². The van der Waals surface area contributed by atoms with Gasteiger partial charge in [0.1, 0.15) is 0 Å². The van der Waals surface area contributed by atoms with Gasteiger partial charge in [-0.3, -0.25) is 4.98 Å². The van der Waals surface area contributed by atoms with E-state index >= 15 is 0 Å². The van der Waals surface area contributed by atoms with E-state index in [1.807, 2.05) is 17.1 Å². The molecule has 2 heterocycles. The number of carbonyl (C=O) groups is 1. The van der Waals surface area contributed by atoms with E-state index in [2.05, 4.69) is 64.4 Å². The zero-order chi connectivity index (χ0) is 24.2. The Balaban J connectivity index is 1.31. The van der Waals surface area contributed by atoms with Gasteiger partial charge in [-0.2, -0.15) is 0 Å². The van der Waals surface area contributed by atoms with Crippen LogP contribution in [0.1, 0.15) is 52.2 Å². The summed E-state index contributed by atoms with van der Waals surface area (Å²) in [6.07, 6.45) is 14.3. The number of fused-ring (bicyclic) bond motifs is 1. The molecule has 0 unspecified atom stereocenters. The highest BCUT2D eigenvalue weighted by molar-refractivity contribution is 5.90. The maximum absolute atomic E-state index is 12.1. The number of methoxy groups -OCH3 is 1. The van der Waals surface area contributed by atoms with E-state index in [4.69, 9.17) is 4.74 Å². The minimum atomic E-state index is -0.294. The Bertz CT molecular complexity index is 1300. The summed E-state index contributed by atoms with van der Waals surface area (Å²) in [5, 5.41) is 0. The van der Waals surface area contributed by atoms with Crippen molar-refractivity contribution >= 4 is 17.3 Å². The summed E-state index contributed by atoms with van der Waals surface area (Å²) in [7, 11) is 3.54. The maximum atomic E-state index is 12.1. The molecule has 4 aromatic rings. The smallest absolute Gasteiger partial charge is 0.338 e. The molecule has 1 aliphatic carbocycles. The predicted molar refractivity (Wildman–Crippen MR) is 138 cm³/mol. The summed E-state index contributed by atoms with van der Waals surface area (Å²) < 4.78 is 6.95. The van der Waals surface area contributed by atoms with Crippen LogP contribution in [0.15, 0.2) is 79.6 Å². The summed E-state index contributed by atoms with van der Waals surface area (Å²) in [6, 6.07) is 17.1. The molecule has 0 saturated heterocycles. The molecule has 6 heteroatoms. The molecule has 0 aliphatic heterocycles. The van der Waals surface area contributed by atoms with Crippen molar-refractivity contribution in [2.45, 2.75) is 38.0 Å². The van der Waals surface area contributed by atoms with Crippen LogP contribution < -0.4 is 4.90 Å². The number of nitrogens with zero attached hydrogens (tertiary/aromatic N) is 4. The molecule has 2 aromatic carbocycles. The first-order valence-electron chi connectivity index (χ1n) is 12.1. The van der Waals surface area contributed by atoms with Crippen molar-refractivity contribution in [1.29, 1.82) is 0 Å². The predicted octanol–water partition coefficient (Wildman–Crippen LogP) is 5.87. The topological polar surface area (TPSA) is 60.2 Å². The highest BCUT2D eigenvalue weighted by Crippen LogP contribution is 2.38. The van der Waals surface area contributed by atoms with Crippen molar-refractivity contribution in [3.63, 3.8) is 0 Å². The van der Waals surface area contributed by atoms with Crippen LogP contribution in [0.3, 0.4) is 0 Å². The molecule has 0 fully saturated rings. The Morgan fingerprint density at radius 2 is 1.91 bits per heavy atom. The average Bonchev–Trinajstić information content (AvgIpc) is 3.46. The number of rotatable bonds is 7. The number of benzene rings is 2. The number of imidazole rings is 1. The van der Waals surface area contributed by atoms with Crippen LogP contribution in [0.5, 0.6) is 0 Å². The highest BCUT2D eigenvalue weighted by Gasteiger charge is 2.22. The Kier molecular flexibility index (Phi) is 6.62. The molecule has 0 radical (unpaired) electrons. The fourth-order valence-electron chi connectivity index (χ4n) is 5.08. The number of anilines is 2. The standard InChI is InChI=1S/C29H30N4O2/c1-32(24-8-10-25(11-9-24)33-17-16-31-20-33)26-12-13-27-21(4-3-5-22(27)18-26)6-7-23-19-30-15-14-28(23)29(34)35-2/h8-21H,3-7H2,1-2H3/t21-/m0/s1. The third-order valence-corrected chi connectivity index (χ3v) is 7.06. The lowest BCUT2D eigenvalue weighted by Crippen LogP contribution is -2.15. The highest BCUT2D eigenvalue weighted by atomic mass is 16.5.